The van der Waals surface area contributed by atoms with Gasteiger partial charge >= 0.3 is 0 Å². The van der Waals surface area contributed by atoms with Crippen LogP contribution >= 0.6 is 7.92 Å². The van der Waals surface area contributed by atoms with Gasteiger partial charge < -0.3 is 42.8 Å². The van der Waals surface area contributed by atoms with Crippen molar-refractivity contribution in [2.75, 3.05) is 52.7 Å². The first-order valence-corrected chi connectivity index (χ1v) is 56.0. The molecule has 10 aromatic heterocycles. The molecule has 140 heavy (non-hydrogen) atoms. The van der Waals surface area contributed by atoms with Gasteiger partial charge in [0.05, 0.1) is 69.9 Å². The van der Waals surface area contributed by atoms with Crippen LogP contribution in [0.25, 0.3) is 110 Å². The number of hydrogen-bond donors (Lipinski definition) is 0. The van der Waals surface area contributed by atoms with Crippen molar-refractivity contribution < 1.29 is 121 Å². The molecule has 0 amide bonds. The first-order chi connectivity index (χ1) is 65.3. The number of pyridine rings is 6. The molecule has 18 heterocycles. The zero-order chi connectivity index (χ0) is 90.7. The second kappa shape index (κ2) is 37.2. The van der Waals surface area contributed by atoms with E-state index in [-0.39, 0.29) is 126 Å². The second-order valence-corrected chi connectivity index (χ2v) is 52.5. The molecule has 6 radical (unpaired) electrons. The molecule has 15 nitrogen and oxygen atoms in total. The summed E-state index contributed by atoms with van der Waals surface area (Å²) >= 11 is 0. The van der Waals surface area contributed by atoms with Crippen LogP contribution in [0.15, 0.2) is 328 Å². The molecule has 0 saturated carbocycles. The SMILES string of the molecule is CC1(C)c2ccc[c-]c2-n2c3ncccc3c3cccc1c32.CN1c2ccc[c-]c2-n2c3ncccc3c3cccc1c32.CN1c2ccc[c-]c2N2c3ncccc3N(C)c3cccc1c32.CN1c2cccnc2-n2c3[c-]cccc3c3cccc1c32.C[Si]1(C)c2ccc[c-]c2P2c3ncccc3[Si](C)(C)c3cccc1c32.C[Si]1(C)c2cccnc2-n2c3[c-]cccc3c3cccc1c32.[Ir].[Ir].[Ir].[Ir].[Ir].[Ir]. The molecule has 8 aliphatic rings. The van der Waals surface area contributed by atoms with Crippen molar-refractivity contribution in [3.8, 4) is 23.0 Å². The predicted octanol–water partition coefficient (Wildman–Crippen LogP) is 21.3. The number of aromatic nitrogens is 10. The van der Waals surface area contributed by atoms with Crippen molar-refractivity contribution >= 4 is 229 Å². The Hall–Kier alpha value is -11.3. The second-order valence-electron chi connectivity index (χ2n) is 37.6. The molecule has 0 bridgehead atoms. The third-order valence-corrected chi connectivity index (χ3v) is 43.1. The van der Waals surface area contributed by atoms with E-state index in [9.17, 15) is 0 Å². The minimum atomic E-state index is -1.72. The molecule has 0 spiro atoms. The Morgan fingerprint density at radius 1 is 0.271 bits per heavy atom. The van der Waals surface area contributed by atoms with Crippen LogP contribution in [0.2, 0.25) is 39.3 Å². The maximum atomic E-state index is 4.95. The first kappa shape index (κ1) is 97.5. The summed E-state index contributed by atoms with van der Waals surface area (Å²) in [5.41, 5.74) is 26.9. The molecule has 702 valence electrons. The van der Waals surface area contributed by atoms with Gasteiger partial charge in [0.15, 0.2) is 11.6 Å². The van der Waals surface area contributed by atoms with Gasteiger partial charge in [-0.05, 0) is 177 Å². The van der Waals surface area contributed by atoms with E-state index in [1.807, 2.05) is 110 Å². The van der Waals surface area contributed by atoms with Crippen LogP contribution in [-0.2, 0) is 126 Å². The molecular weight excluding hydrogens is 2860 g/mol. The Labute approximate surface area is 899 Å². The average Bonchev–Trinajstić information content (AvgIpc) is 1.32. The third kappa shape index (κ3) is 14.4. The topological polar surface area (TPSA) is 113 Å². The van der Waals surface area contributed by atoms with Gasteiger partial charge in [0.1, 0.15) is 33.3 Å². The van der Waals surface area contributed by atoms with Crippen LogP contribution in [-0.4, -0.2) is 101 Å². The Bertz CT molecular complexity index is 8240. The summed E-state index contributed by atoms with van der Waals surface area (Å²) in [6, 6.07) is 123. The quantitative estimate of drug-likeness (QED) is 0.0821. The summed E-state index contributed by atoms with van der Waals surface area (Å²) < 4.78 is 9.05. The van der Waals surface area contributed by atoms with Crippen LogP contribution in [0.4, 0.5) is 62.7 Å². The zero-order valence-corrected chi connectivity index (χ0v) is 96.6. The number of para-hydroxylation sites is 10. The Kier molecular flexibility index (Phi) is 25.9. The summed E-state index contributed by atoms with van der Waals surface area (Å²) in [6.45, 7) is 19.4. The molecule has 22 aromatic rings. The Balaban J connectivity index is 0.000000106. The van der Waals surface area contributed by atoms with Gasteiger partial charge in [0.2, 0.25) is 0 Å². The van der Waals surface area contributed by atoms with Gasteiger partial charge in [-0.15, -0.1) is 39.0 Å². The summed E-state index contributed by atoms with van der Waals surface area (Å²) in [5.74, 6) is 3.02. The Morgan fingerprint density at radius 2 is 0.636 bits per heavy atom. The number of nitrogens with zero attached hydrogens (tertiary/aromatic N) is 15. The molecule has 8 aliphatic heterocycles. The summed E-state index contributed by atoms with van der Waals surface area (Å²) in [7, 11) is 2.72. The van der Waals surface area contributed by atoms with E-state index in [1.54, 1.807) is 20.9 Å². The summed E-state index contributed by atoms with van der Waals surface area (Å²) in [6.07, 6.45) is 11.3. The molecule has 1 atom stereocenters. The van der Waals surface area contributed by atoms with E-state index in [0.29, 0.717) is 0 Å². The van der Waals surface area contributed by atoms with Crippen molar-refractivity contribution in [3.05, 3.63) is 376 Å². The van der Waals surface area contributed by atoms with E-state index in [1.165, 1.54) is 131 Å². The van der Waals surface area contributed by atoms with Gasteiger partial charge in [-0.3, -0.25) is 4.98 Å². The van der Waals surface area contributed by atoms with Gasteiger partial charge in [-0.1, -0.05) is 172 Å². The van der Waals surface area contributed by atoms with Gasteiger partial charge in [0.25, 0.3) is 0 Å². The van der Waals surface area contributed by atoms with E-state index < -0.39 is 32.1 Å². The van der Waals surface area contributed by atoms with Crippen molar-refractivity contribution in [1.82, 2.24) is 48.2 Å². The number of benzene rings is 12. The van der Waals surface area contributed by atoms with Crippen molar-refractivity contribution in [1.29, 1.82) is 0 Å². The number of hydrogen-bond acceptors (Lipinski definition) is 11. The van der Waals surface area contributed by atoms with Gasteiger partial charge in [0, 0.05) is 199 Å². The molecule has 0 aliphatic carbocycles. The maximum Gasteiger partial charge on any atom is 0.159 e. The third-order valence-electron chi connectivity index (χ3n) is 29.2. The average molecular weight is 2950 g/mol. The molecule has 1 unspecified atom stereocenters. The normalized spacial score (nSPS) is 14.7. The van der Waals surface area contributed by atoms with Crippen molar-refractivity contribution in [2.45, 2.75) is 58.5 Å². The summed E-state index contributed by atoms with van der Waals surface area (Å²) in [5, 5.41) is 22.3. The van der Waals surface area contributed by atoms with E-state index in [0.717, 1.165) is 79.6 Å². The molecule has 0 saturated heterocycles. The van der Waals surface area contributed by atoms with E-state index >= 15 is 0 Å². The van der Waals surface area contributed by atoms with Gasteiger partial charge in [-0.25, -0.2) is 24.9 Å². The minimum Gasteiger partial charge on any atom is -0.394 e. The standard InChI is InChI=1S/C21H21NPSi2.C20H15N2.C19H15N4.C19H15N2Si.2C18H12N3.6Ir/c1-24(2)16-10-6-5-9-15(16)23-20-17(24)11-7-12-18(20)25(3,4)19-13-8-14-22-21(19)23;1-20(2)15-9-3-4-11-17(15)22-18-13(7-5-10-16(18)20)14-8-6-12-21-19(14)22;1-21-13-7-3-4-8-14(13)23-18-15(21)9-5-10-16(18)22(2)17-11-6-12-20-19(17)23;1-22(2)16-10-5-8-14-13-7-3-4-9-15(13)21(18(14)16)19-17(22)11-6-12-20-19;1-20-14-8-2-3-9-15(14)21-17-12(6-4-10-16(17)20)13-7-5-11-19-18(13)21;1-20-15-9-4-7-13-12-6-2-3-8-14(12)21(17(13)15)18-16(20)10-5-11-19-18;;;;;;/h5-8,10-14H,1-4H3;3-10,12H,1-2H3;3-7,9-12H,1-2H3;3-8,10-12H,1-2H3;2-8,10-11H,1H3;2-7,9-11H,1H3;;;;;;/q6*-1;;;;;;. The fourth-order valence-corrected chi connectivity index (χ4v) is 38.0. The maximum absolute atomic E-state index is 4.95. The summed E-state index contributed by atoms with van der Waals surface area (Å²) in [4.78, 5) is 39.3. The molecule has 0 N–H and O–H groups in total. The molecule has 30 rings (SSSR count). The smallest absolute Gasteiger partial charge is 0.159 e. The van der Waals surface area contributed by atoms with Crippen molar-refractivity contribution in [2.24, 2.45) is 0 Å². The largest absolute Gasteiger partial charge is 0.394 e. The first-order valence-electron chi connectivity index (χ1n) is 45.7. The fourth-order valence-electron chi connectivity index (χ4n) is 22.6. The van der Waals surface area contributed by atoms with E-state index in [2.05, 4.69) is 399 Å². The van der Waals surface area contributed by atoms with Gasteiger partial charge in [-0.2, -0.15) is 133 Å². The minimum absolute atomic E-state index is 0. The number of rotatable bonds is 0. The van der Waals surface area contributed by atoms with E-state index in [4.69, 9.17) is 9.97 Å². The number of anilines is 11. The Morgan fingerprint density at radius 3 is 1.29 bits per heavy atom. The molecular formula is C115H90Ir6N15PSi3-6. The van der Waals surface area contributed by atoms with Crippen LogP contribution in [0.5, 0.6) is 0 Å². The molecule has 0 fully saturated rings. The van der Waals surface area contributed by atoms with Crippen molar-refractivity contribution in [3.63, 3.8) is 0 Å². The number of fused-ring (bicyclic) bond motifs is 28. The molecule has 12 aromatic carbocycles. The monoisotopic (exact) mass is 2950 g/mol. The van der Waals surface area contributed by atoms with Crippen LogP contribution < -0.4 is 71.7 Å². The fraction of sp³-hybridized carbons (Fsp3) is 0.113. The van der Waals surface area contributed by atoms with Crippen LogP contribution in [0.3, 0.4) is 0 Å². The predicted molar refractivity (Wildman–Crippen MR) is 564 cm³/mol. The zero-order valence-electron chi connectivity index (χ0n) is 78.3. The van der Waals surface area contributed by atoms with Crippen LogP contribution in [0, 0.1) is 36.4 Å². The molecule has 25 heteroatoms. The van der Waals surface area contributed by atoms with Crippen LogP contribution in [0.1, 0.15) is 25.0 Å².